The average molecular weight is 332 g/mol. The van der Waals surface area contributed by atoms with Crippen LogP contribution in [0.1, 0.15) is 0 Å². The summed E-state index contributed by atoms with van der Waals surface area (Å²) in [5.41, 5.74) is 0.981. The first-order valence-electron chi connectivity index (χ1n) is 5.89. The molecule has 0 aliphatic heterocycles. The molecule has 3 aromatic rings. The predicted molar refractivity (Wildman–Crippen MR) is 79.4 cm³/mol. The van der Waals surface area contributed by atoms with E-state index in [2.05, 4.69) is 30.9 Å². The van der Waals surface area contributed by atoms with Gasteiger partial charge in [-0.1, -0.05) is 34.1 Å². The lowest BCUT2D eigenvalue weighted by Gasteiger charge is -2.07. The molecule has 2 aromatic heterocycles. The molecule has 0 amide bonds. The highest BCUT2D eigenvalue weighted by atomic mass is 79.9. The summed E-state index contributed by atoms with van der Waals surface area (Å²) in [5, 5.41) is 10.1. The van der Waals surface area contributed by atoms with E-state index in [1.54, 1.807) is 36.5 Å². The molecule has 3 rings (SSSR count). The highest BCUT2D eigenvalue weighted by Crippen LogP contribution is 2.30. The van der Waals surface area contributed by atoms with E-state index in [4.69, 9.17) is 0 Å². The fourth-order valence-corrected chi connectivity index (χ4v) is 2.46. The number of aromatic amines is 2. The molecule has 0 saturated heterocycles. The minimum Gasteiger partial charge on any atom is -0.493 e. The van der Waals surface area contributed by atoms with Gasteiger partial charge in [0.2, 0.25) is 5.88 Å². The molecule has 2 heterocycles. The zero-order valence-electron chi connectivity index (χ0n) is 10.2. The van der Waals surface area contributed by atoms with Crippen molar-refractivity contribution in [3.8, 4) is 28.5 Å². The molecule has 20 heavy (non-hydrogen) atoms. The zero-order valence-corrected chi connectivity index (χ0v) is 11.8. The summed E-state index contributed by atoms with van der Waals surface area (Å²) < 4.78 is 0.718. The largest absolute Gasteiger partial charge is 0.493 e. The van der Waals surface area contributed by atoms with Gasteiger partial charge in [0.1, 0.15) is 5.56 Å². The number of rotatable bonds is 2. The molecule has 5 nitrogen and oxygen atoms in total. The molecule has 3 N–H and O–H groups in total. The Morgan fingerprint density at radius 3 is 2.60 bits per heavy atom. The van der Waals surface area contributed by atoms with E-state index in [0.717, 1.165) is 4.47 Å². The fourth-order valence-electron chi connectivity index (χ4n) is 1.97. The summed E-state index contributed by atoms with van der Waals surface area (Å²) in [6.07, 6.45) is 1.72. The normalized spacial score (nSPS) is 10.7. The number of hydrogen-bond donors (Lipinski definition) is 3. The molecule has 0 radical (unpaired) electrons. The first kappa shape index (κ1) is 12.7. The molecule has 0 unspecified atom stereocenters. The summed E-state index contributed by atoms with van der Waals surface area (Å²) in [5.74, 6) is -0.00134. The van der Waals surface area contributed by atoms with Gasteiger partial charge in [0.25, 0.3) is 5.56 Å². The molecular weight excluding hydrogens is 322 g/mol. The van der Waals surface area contributed by atoms with Crippen molar-refractivity contribution < 1.29 is 5.11 Å². The van der Waals surface area contributed by atoms with Crippen LogP contribution in [0.4, 0.5) is 0 Å². The maximum atomic E-state index is 12.2. The lowest BCUT2D eigenvalue weighted by Crippen LogP contribution is -2.12. The van der Waals surface area contributed by atoms with Crippen LogP contribution in [-0.2, 0) is 0 Å². The summed E-state index contributed by atoms with van der Waals surface area (Å²) in [7, 11) is 0. The van der Waals surface area contributed by atoms with Gasteiger partial charge in [0.15, 0.2) is 5.82 Å². The van der Waals surface area contributed by atoms with Gasteiger partial charge in [0.05, 0.1) is 5.69 Å². The number of halogens is 1. The Bertz CT molecular complexity index is 810. The average Bonchev–Trinajstić information content (AvgIpc) is 2.94. The van der Waals surface area contributed by atoms with E-state index >= 15 is 0 Å². The first-order valence-corrected chi connectivity index (χ1v) is 6.68. The molecule has 0 bridgehead atoms. The topological polar surface area (TPSA) is 81.8 Å². The van der Waals surface area contributed by atoms with Crippen LogP contribution < -0.4 is 5.56 Å². The van der Waals surface area contributed by atoms with E-state index in [1.807, 2.05) is 6.07 Å². The van der Waals surface area contributed by atoms with Crippen molar-refractivity contribution in [3.63, 3.8) is 0 Å². The van der Waals surface area contributed by atoms with Gasteiger partial charge in [-0.15, -0.1) is 0 Å². The Balaban J connectivity index is 2.20. The van der Waals surface area contributed by atoms with E-state index in [0.29, 0.717) is 17.1 Å². The monoisotopic (exact) mass is 331 g/mol. The van der Waals surface area contributed by atoms with Crippen LogP contribution in [0.5, 0.6) is 5.88 Å². The van der Waals surface area contributed by atoms with E-state index in [-0.39, 0.29) is 11.4 Å². The van der Waals surface area contributed by atoms with Gasteiger partial charge in [-0.2, -0.15) is 4.98 Å². The van der Waals surface area contributed by atoms with Crippen LogP contribution >= 0.6 is 15.9 Å². The number of nitrogens with one attached hydrogen (secondary N) is 2. The number of H-pyrrole nitrogens is 2. The lowest BCUT2D eigenvalue weighted by molar-refractivity contribution is 0.454. The molecule has 0 saturated carbocycles. The minimum absolute atomic E-state index is 0.146. The van der Waals surface area contributed by atoms with E-state index in [9.17, 15) is 9.90 Å². The van der Waals surface area contributed by atoms with Crippen molar-refractivity contribution in [2.75, 3.05) is 0 Å². The number of hydrogen-bond acceptors (Lipinski definition) is 3. The van der Waals surface area contributed by atoms with Crippen LogP contribution in [0.15, 0.2) is 51.9 Å². The third-order valence-corrected chi connectivity index (χ3v) is 3.59. The lowest BCUT2D eigenvalue weighted by atomic mass is 10.1. The third-order valence-electron chi connectivity index (χ3n) is 2.90. The standard InChI is InChI=1S/C14H10BrN3O2/c15-9-5-2-1-4-8(9)11-13(19)17-12(18-14(11)20)10-6-3-7-16-10/h1-7,16H,(H2,17,18,19,20). The molecule has 100 valence electrons. The van der Waals surface area contributed by atoms with Crippen molar-refractivity contribution in [2.24, 2.45) is 0 Å². The molecule has 6 heteroatoms. The third kappa shape index (κ3) is 2.14. The number of benzene rings is 1. The Labute approximate surface area is 122 Å². The Morgan fingerprint density at radius 1 is 1.15 bits per heavy atom. The zero-order chi connectivity index (χ0) is 14.1. The molecule has 0 spiro atoms. The van der Waals surface area contributed by atoms with E-state index < -0.39 is 5.56 Å². The van der Waals surface area contributed by atoms with Crippen molar-refractivity contribution in [1.82, 2.24) is 15.0 Å². The second kappa shape index (κ2) is 4.97. The number of aromatic hydroxyl groups is 1. The highest BCUT2D eigenvalue weighted by Gasteiger charge is 2.16. The van der Waals surface area contributed by atoms with Gasteiger partial charge in [-0.25, -0.2) is 0 Å². The summed E-state index contributed by atoms with van der Waals surface area (Å²) in [4.78, 5) is 21.9. The molecule has 0 atom stereocenters. The summed E-state index contributed by atoms with van der Waals surface area (Å²) in [6, 6.07) is 10.7. The van der Waals surface area contributed by atoms with Crippen molar-refractivity contribution in [3.05, 3.63) is 57.4 Å². The molecule has 0 fully saturated rings. The molecule has 1 aromatic carbocycles. The van der Waals surface area contributed by atoms with Crippen molar-refractivity contribution in [2.45, 2.75) is 0 Å². The Hall–Kier alpha value is -2.34. The van der Waals surface area contributed by atoms with Crippen LogP contribution in [0.2, 0.25) is 0 Å². The van der Waals surface area contributed by atoms with Gasteiger partial charge in [0, 0.05) is 16.2 Å². The van der Waals surface area contributed by atoms with Crippen LogP contribution in [-0.4, -0.2) is 20.1 Å². The maximum absolute atomic E-state index is 12.2. The highest BCUT2D eigenvalue weighted by molar-refractivity contribution is 9.10. The molecule has 0 aliphatic rings. The van der Waals surface area contributed by atoms with Crippen molar-refractivity contribution in [1.29, 1.82) is 0 Å². The second-order valence-corrected chi connectivity index (χ2v) is 5.03. The van der Waals surface area contributed by atoms with Crippen LogP contribution in [0, 0.1) is 0 Å². The predicted octanol–water partition coefficient (Wildman–Crippen LogP) is 2.90. The second-order valence-electron chi connectivity index (χ2n) is 4.18. The van der Waals surface area contributed by atoms with Gasteiger partial charge in [-0.05, 0) is 18.2 Å². The first-order chi connectivity index (χ1) is 9.66. The maximum Gasteiger partial charge on any atom is 0.263 e. The fraction of sp³-hybridized carbons (Fsp3) is 0. The molecule has 0 aliphatic carbocycles. The van der Waals surface area contributed by atoms with Gasteiger partial charge >= 0.3 is 0 Å². The van der Waals surface area contributed by atoms with Crippen LogP contribution in [0.3, 0.4) is 0 Å². The number of aromatic nitrogens is 3. The minimum atomic E-state index is -0.394. The smallest absolute Gasteiger partial charge is 0.263 e. The van der Waals surface area contributed by atoms with Crippen molar-refractivity contribution >= 4 is 15.9 Å². The van der Waals surface area contributed by atoms with Gasteiger partial charge < -0.3 is 15.1 Å². The van der Waals surface area contributed by atoms with E-state index in [1.165, 1.54) is 0 Å². The quantitative estimate of drug-likeness (QED) is 0.675. The summed E-state index contributed by atoms with van der Waals surface area (Å²) >= 11 is 3.36. The SMILES string of the molecule is O=c1[nH]c(-c2ccc[nH]2)nc(O)c1-c1ccccc1Br. The van der Waals surface area contributed by atoms with Gasteiger partial charge in [-0.3, -0.25) is 4.79 Å². The summed E-state index contributed by atoms with van der Waals surface area (Å²) in [6.45, 7) is 0. The number of nitrogens with zero attached hydrogens (tertiary/aromatic N) is 1. The molecular formula is C14H10BrN3O2. The Morgan fingerprint density at radius 2 is 1.95 bits per heavy atom. The van der Waals surface area contributed by atoms with Crippen LogP contribution in [0.25, 0.3) is 22.6 Å². The Kier molecular flexibility index (Phi) is 3.15.